The van der Waals surface area contributed by atoms with Crippen molar-refractivity contribution in [2.45, 2.75) is 13.0 Å². The second kappa shape index (κ2) is 5.70. The zero-order valence-electron chi connectivity index (χ0n) is 8.24. The van der Waals surface area contributed by atoms with E-state index in [0.29, 0.717) is 17.2 Å². The SMILES string of the molecule is CCOC(C(=O)NO)c1ccc(Cl)cc1. The highest BCUT2D eigenvalue weighted by Crippen LogP contribution is 2.19. The van der Waals surface area contributed by atoms with Gasteiger partial charge in [-0.1, -0.05) is 23.7 Å². The topological polar surface area (TPSA) is 58.6 Å². The van der Waals surface area contributed by atoms with Crippen molar-refractivity contribution in [3.63, 3.8) is 0 Å². The standard InChI is InChI=1S/C10H12ClNO3/c1-2-15-9(10(13)12-14)7-3-5-8(11)6-4-7/h3-6,9,14H,2H2,1H3,(H,12,13). The van der Waals surface area contributed by atoms with Crippen LogP contribution in [0, 0.1) is 0 Å². The first-order valence-electron chi connectivity index (χ1n) is 4.50. The minimum atomic E-state index is -0.808. The summed E-state index contributed by atoms with van der Waals surface area (Å²) in [4.78, 5) is 11.3. The molecule has 0 aromatic heterocycles. The smallest absolute Gasteiger partial charge is 0.277 e. The second-order valence-electron chi connectivity index (χ2n) is 2.86. The molecule has 1 aromatic rings. The molecule has 1 atom stereocenters. The first kappa shape index (κ1) is 12.0. The quantitative estimate of drug-likeness (QED) is 0.613. The van der Waals surface area contributed by atoms with Gasteiger partial charge in [0.1, 0.15) is 0 Å². The Morgan fingerprint density at radius 1 is 1.53 bits per heavy atom. The summed E-state index contributed by atoms with van der Waals surface area (Å²) in [6.07, 6.45) is -0.808. The lowest BCUT2D eigenvalue weighted by molar-refractivity contribution is -0.141. The Balaban J connectivity index is 2.88. The van der Waals surface area contributed by atoms with Gasteiger partial charge in [0.25, 0.3) is 5.91 Å². The van der Waals surface area contributed by atoms with Crippen molar-refractivity contribution in [2.24, 2.45) is 0 Å². The molecule has 0 saturated heterocycles. The van der Waals surface area contributed by atoms with Crippen LogP contribution in [0.2, 0.25) is 5.02 Å². The van der Waals surface area contributed by atoms with Gasteiger partial charge in [0.15, 0.2) is 6.10 Å². The number of benzene rings is 1. The number of nitrogens with one attached hydrogen (secondary N) is 1. The molecule has 5 heteroatoms. The third-order valence-corrected chi connectivity index (χ3v) is 2.11. The van der Waals surface area contributed by atoms with Gasteiger partial charge in [0.2, 0.25) is 0 Å². The van der Waals surface area contributed by atoms with Crippen LogP contribution in [0.25, 0.3) is 0 Å². The highest BCUT2D eigenvalue weighted by molar-refractivity contribution is 6.30. The van der Waals surface area contributed by atoms with Gasteiger partial charge in [0.05, 0.1) is 0 Å². The van der Waals surface area contributed by atoms with E-state index in [9.17, 15) is 4.79 Å². The molecule has 1 unspecified atom stereocenters. The number of hydrogen-bond donors (Lipinski definition) is 2. The number of ether oxygens (including phenoxy) is 1. The third-order valence-electron chi connectivity index (χ3n) is 1.85. The van der Waals surface area contributed by atoms with E-state index >= 15 is 0 Å². The van der Waals surface area contributed by atoms with Crippen molar-refractivity contribution in [1.29, 1.82) is 0 Å². The molecule has 0 aliphatic heterocycles. The minimum Gasteiger partial charge on any atom is -0.364 e. The number of carbonyl (C=O) groups is 1. The fourth-order valence-electron chi connectivity index (χ4n) is 1.19. The summed E-state index contributed by atoms with van der Waals surface area (Å²) < 4.78 is 5.21. The van der Waals surface area contributed by atoms with Crippen LogP contribution in [0.4, 0.5) is 0 Å². The average Bonchev–Trinajstić information content (AvgIpc) is 2.26. The fraction of sp³-hybridized carbons (Fsp3) is 0.300. The van der Waals surface area contributed by atoms with Crippen LogP contribution < -0.4 is 5.48 Å². The largest absolute Gasteiger partial charge is 0.364 e. The highest BCUT2D eigenvalue weighted by atomic mass is 35.5. The molecule has 2 N–H and O–H groups in total. The van der Waals surface area contributed by atoms with Crippen molar-refractivity contribution in [2.75, 3.05) is 6.61 Å². The average molecular weight is 230 g/mol. The molecule has 4 nitrogen and oxygen atoms in total. The number of carbonyl (C=O) groups excluding carboxylic acids is 1. The first-order valence-corrected chi connectivity index (χ1v) is 4.87. The van der Waals surface area contributed by atoms with Gasteiger partial charge in [-0.05, 0) is 24.6 Å². The lowest BCUT2D eigenvalue weighted by Gasteiger charge is -2.14. The van der Waals surface area contributed by atoms with Gasteiger partial charge in [-0.15, -0.1) is 0 Å². The van der Waals surface area contributed by atoms with Gasteiger partial charge in [-0.25, -0.2) is 5.48 Å². The lowest BCUT2D eigenvalue weighted by atomic mass is 10.1. The summed E-state index contributed by atoms with van der Waals surface area (Å²) in [5.41, 5.74) is 2.21. The maximum absolute atomic E-state index is 11.3. The molecule has 0 bridgehead atoms. The van der Waals surface area contributed by atoms with E-state index in [2.05, 4.69) is 0 Å². The maximum atomic E-state index is 11.3. The van der Waals surface area contributed by atoms with Gasteiger partial charge in [-0.3, -0.25) is 10.0 Å². The molecule has 1 amide bonds. The van der Waals surface area contributed by atoms with E-state index in [0.717, 1.165) is 0 Å². The number of hydrogen-bond acceptors (Lipinski definition) is 3. The van der Waals surface area contributed by atoms with Crippen molar-refractivity contribution < 1.29 is 14.7 Å². The molecular formula is C10H12ClNO3. The summed E-state index contributed by atoms with van der Waals surface area (Å²) in [6, 6.07) is 6.68. The predicted molar refractivity (Wildman–Crippen MR) is 55.7 cm³/mol. The first-order chi connectivity index (χ1) is 7.19. The highest BCUT2D eigenvalue weighted by Gasteiger charge is 2.19. The maximum Gasteiger partial charge on any atom is 0.277 e. The van der Waals surface area contributed by atoms with Crippen LogP contribution in [0.15, 0.2) is 24.3 Å². The molecule has 15 heavy (non-hydrogen) atoms. The van der Waals surface area contributed by atoms with Gasteiger partial charge < -0.3 is 4.74 Å². The normalized spacial score (nSPS) is 12.2. The summed E-state index contributed by atoms with van der Waals surface area (Å²) in [5, 5.41) is 9.12. The third kappa shape index (κ3) is 3.20. The van der Waals surface area contributed by atoms with Crippen LogP contribution in [0.1, 0.15) is 18.6 Å². The molecule has 0 aliphatic carbocycles. The van der Waals surface area contributed by atoms with Crippen LogP contribution in [-0.4, -0.2) is 17.7 Å². The molecule has 82 valence electrons. The zero-order chi connectivity index (χ0) is 11.3. The Labute approximate surface area is 92.8 Å². The van der Waals surface area contributed by atoms with Crippen molar-refractivity contribution in [3.05, 3.63) is 34.9 Å². The summed E-state index contributed by atoms with van der Waals surface area (Å²) in [5.74, 6) is -0.598. The van der Waals surface area contributed by atoms with Crippen LogP contribution >= 0.6 is 11.6 Å². The van der Waals surface area contributed by atoms with E-state index in [1.807, 2.05) is 0 Å². The number of hydroxylamine groups is 1. The number of rotatable bonds is 4. The van der Waals surface area contributed by atoms with Crippen LogP contribution in [0.5, 0.6) is 0 Å². The van der Waals surface area contributed by atoms with E-state index in [1.54, 1.807) is 36.7 Å². The Bertz CT molecular complexity index is 326. The van der Waals surface area contributed by atoms with Crippen LogP contribution in [0.3, 0.4) is 0 Å². The van der Waals surface area contributed by atoms with E-state index < -0.39 is 12.0 Å². The Morgan fingerprint density at radius 3 is 2.60 bits per heavy atom. The van der Waals surface area contributed by atoms with Gasteiger partial charge in [-0.2, -0.15) is 0 Å². The lowest BCUT2D eigenvalue weighted by Crippen LogP contribution is -2.28. The Hall–Kier alpha value is -1.10. The van der Waals surface area contributed by atoms with Crippen molar-refractivity contribution in [1.82, 2.24) is 5.48 Å². The van der Waals surface area contributed by atoms with E-state index in [1.165, 1.54) is 0 Å². The Morgan fingerprint density at radius 2 is 2.13 bits per heavy atom. The fourth-order valence-corrected chi connectivity index (χ4v) is 1.31. The molecule has 0 radical (unpaired) electrons. The van der Waals surface area contributed by atoms with Crippen molar-refractivity contribution >= 4 is 17.5 Å². The molecule has 0 saturated carbocycles. The summed E-state index contributed by atoms with van der Waals surface area (Å²) in [7, 11) is 0. The number of halogens is 1. The van der Waals surface area contributed by atoms with E-state index in [4.69, 9.17) is 21.5 Å². The Kier molecular flexibility index (Phi) is 4.55. The summed E-state index contributed by atoms with van der Waals surface area (Å²) >= 11 is 5.72. The molecule has 0 fully saturated rings. The van der Waals surface area contributed by atoms with Crippen molar-refractivity contribution in [3.8, 4) is 0 Å². The van der Waals surface area contributed by atoms with E-state index in [-0.39, 0.29) is 0 Å². The molecule has 1 rings (SSSR count). The zero-order valence-corrected chi connectivity index (χ0v) is 8.99. The van der Waals surface area contributed by atoms with Gasteiger partial charge in [0, 0.05) is 11.6 Å². The molecule has 0 spiro atoms. The minimum absolute atomic E-state index is 0.376. The van der Waals surface area contributed by atoms with Gasteiger partial charge >= 0.3 is 0 Å². The summed E-state index contributed by atoms with van der Waals surface area (Å²) in [6.45, 7) is 2.15. The molecule has 1 aromatic carbocycles. The second-order valence-corrected chi connectivity index (χ2v) is 3.30. The monoisotopic (exact) mass is 229 g/mol. The number of amides is 1. The molecule has 0 aliphatic rings. The molecule has 0 heterocycles. The van der Waals surface area contributed by atoms with Crippen LogP contribution in [-0.2, 0) is 9.53 Å². The molecular weight excluding hydrogens is 218 g/mol. The predicted octanol–water partition coefficient (Wildman–Crippen LogP) is 1.92.